The molecule has 0 spiro atoms. The summed E-state index contributed by atoms with van der Waals surface area (Å²) in [5.74, 6) is 0.159. The highest BCUT2D eigenvalue weighted by Gasteiger charge is 2.34. The molecule has 3 aromatic rings. The number of rotatable bonds is 7. The number of carbonyl (C=O) groups is 1. The van der Waals surface area contributed by atoms with Gasteiger partial charge in [-0.15, -0.1) is 0 Å². The topological polar surface area (TPSA) is 106 Å². The molecule has 180 valence electrons. The summed E-state index contributed by atoms with van der Waals surface area (Å²) in [6.45, 7) is 0.467. The lowest BCUT2D eigenvalue weighted by Gasteiger charge is -2.33. The van der Waals surface area contributed by atoms with Gasteiger partial charge in [-0.25, -0.2) is 12.8 Å². The molecule has 1 atom stereocenters. The number of halogens is 1. The van der Waals surface area contributed by atoms with Crippen LogP contribution >= 0.6 is 0 Å². The van der Waals surface area contributed by atoms with Gasteiger partial charge in [-0.05, 0) is 61.4 Å². The molecule has 9 nitrogen and oxygen atoms in total. The molecule has 34 heavy (non-hydrogen) atoms. The van der Waals surface area contributed by atoms with Crippen LogP contribution in [-0.4, -0.2) is 60.9 Å². The molecular formula is C23H25FN4O5S. The van der Waals surface area contributed by atoms with Crippen molar-refractivity contribution in [2.24, 2.45) is 5.92 Å². The fraction of sp³-hybridized carbons (Fsp3) is 0.348. The fourth-order valence-electron chi connectivity index (χ4n) is 3.89. The summed E-state index contributed by atoms with van der Waals surface area (Å²) in [6, 6.07) is 11.9. The molecule has 1 aliphatic rings. The Labute approximate surface area is 197 Å². The van der Waals surface area contributed by atoms with Crippen molar-refractivity contribution in [1.29, 1.82) is 0 Å². The molecule has 1 amide bonds. The Morgan fingerprint density at radius 1 is 1.21 bits per heavy atom. The number of hydrogen-bond donors (Lipinski definition) is 0. The highest BCUT2D eigenvalue weighted by atomic mass is 32.2. The summed E-state index contributed by atoms with van der Waals surface area (Å²) in [4.78, 5) is 18.9. The summed E-state index contributed by atoms with van der Waals surface area (Å²) in [5.41, 5.74) is 0.749. The summed E-state index contributed by atoms with van der Waals surface area (Å²) in [5, 5.41) is 3.97. The maximum atomic E-state index is 13.2. The van der Waals surface area contributed by atoms with Crippen LogP contribution in [0.15, 0.2) is 57.9 Å². The van der Waals surface area contributed by atoms with Crippen molar-refractivity contribution < 1.29 is 26.9 Å². The molecule has 4 rings (SSSR count). The number of methoxy groups -OCH3 is 1. The quantitative estimate of drug-likeness (QED) is 0.503. The molecule has 0 aliphatic carbocycles. The maximum absolute atomic E-state index is 13.2. The van der Waals surface area contributed by atoms with Gasteiger partial charge in [0.15, 0.2) is 0 Å². The number of aromatic nitrogens is 2. The third-order valence-electron chi connectivity index (χ3n) is 5.75. The average molecular weight is 489 g/mol. The van der Waals surface area contributed by atoms with E-state index in [9.17, 15) is 17.6 Å². The first-order valence-electron chi connectivity index (χ1n) is 10.8. The van der Waals surface area contributed by atoms with Crippen LogP contribution < -0.4 is 4.74 Å². The number of carbonyl (C=O) groups excluding carboxylic acids is 1. The van der Waals surface area contributed by atoms with Gasteiger partial charge in [-0.2, -0.15) is 9.29 Å². The number of ether oxygens (including phenoxy) is 1. The lowest BCUT2D eigenvalue weighted by Crippen LogP contribution is -2.45. The molecule has 0 unspecified atom stereocenters. The van der Waals surface area contributed by atoms with E-state index in [0.29, 0.717) is 31.0 Å². The Hall–Kier alpha value is -3.31. The number of hydrogen-bond acceptors (Lipinski definition) is 7. The van der Waals surface area contributed by atoms with Gasteiger partial charge in [-0.1, -0.05) is 5.16 Å². The molecule has 0 saturated carbocycles. The van der Waals surface area contributed by atoms with Gasteiger partial charge in [0.25, 0.3) is 0 Å². The predicted molar refractivity (Wildman–Crippen MR) is 121 cm³/mol. The number of benzene rings is 2. The van der Waals surface area contributed by atoms with E-state index >= 15 is 0 Å². The van der Waals surface area contributed by atoms with Gasteiger partial charge in [0, 0.05) is 25.7 Å². The van der Waals surface area contributed by atoms with Crippen molar-refractivity contribution in [2.75, 3.05) is 27.2 Å². The molecule has 1 aliphatic heterocycles. The molecular weight excluding hydrogens is 463 g/mol. The van der Waals surface area contributed by atoms with Crippen LogP contribution in [0.1, 0.15) is 18.7 Å². The molecule has 2 heterocycles. The molecule has 1 aromatic heterocycles. The number of sulfonamides is 1. The van der Waals surface area contributed by atoms with Gasteiger partial charge >= 0.3 is 0 Å². The van der Waals surface area contributed by atoms with Crippen LogP contribution in [0.2, 0.25) is 0 Å². The van der Waals surface area contributed by atoms with E-state index in [1.54, 1.807) is 38.4 Å². The smallest absolute Gasteiger partial charge is 0.246 e. The standard InChI is InChI=1S/C23H25FN4O5S/c1-27(15-21-25-22(26-33-21)16-5-9-19(32-2)10-6-16)23(29)17-4-3-13-28(14-17)34(30,31)20-11-7-18(24)8-12-20/h5-12,17H,3-4,13-15H2,1-2H3/t17-/m1/s1. The second-order valence-corrected chi connectivity index (χ2v) is 10.0. The third kappa shape index (κ3) is 5.10. The van der Waals surface area contributed by atoms with Crippen LogP contribution in [0.25, 0.3) is 11.4 Å². The Kier molecular flexibility index (Phi) is 6.94. The summed E-state index contributed by atoms with van der Waals surface area (Å²) in [6.07, 6.45) is 1.12. The fourth-order valence-corrected chi connectivity index (χ4v) is 5.41. The Morgan fingerprint density at radius 2 is 1.91 bits per heavy atom. The van der Waals surface area contributed by atoms with Crippen LogP contribution in [0.4, 0.5) is 4.39 Å². The average Bonchev–Trinajstić information content (AvgIpc) is 3.32. The molecule has 0 bridgehead atoms. The van der Waals surface area contributed by atoms with Crippen LogP contribution in [0, 0.1) is 11.7 Å². The lowest BCUT2D eigenvalue weighted by atomic mass is 9.98. The van der Waals surface area contributed by atoms with E-state index in [1.807, 2.05) is 0 Å². The number of nitrogens with zero attached hydrogens (tertiary/aromatic N) is 4. The minimum Gasteiger partial charge on any atom is -0.497 e. The highest BCUT2D eigenvalue weighted by Crippen LogP contribution is 2.26. The zero-order valence-electron chi connectivity index (χ0n) is 18.8. The first kappa shape index (κ1) is 23.8. The van der Waals surface area contributed by atoms with E-state index < -0.39 is 21.8 Å². The Morgan fingerprint density at radius 3 is 2.59 bits per heavy atom. The van der Waals surface area contributed by atoms with Gasteiger partial charge in [0.2, 0.25) is 27.6 Å². The molecule has 0 radical (unpaired) electrons. The second kappa shape index (κ2) is 9.90. The minimum atomic E-state index is -3.82. The van der Waals surface area contributed by atoms with E-state index in [2.05, 4.69) is 10.1 Å². The van der Waals surface area contributed by atoms with Gasteiger partial charge in [0.05, 0.1) is 24.5 Å². The Bertz CT molecular complexity index is 1250. The number of amides is 1. The normalized spacial score (nSPS) is 16.9. The molecule has 1 fully saturated rings. The van der Waals surface area contributed by atoms with Gasteiger partial charge in [-0.3, -0.25) is 4.79 Å². The zero-order valence-corrected chi connectivity index (χ0v) is 19.7. The SMILES string of the molecule is COc1ccc(-c2noc(CN(C)C(=O)[C@@H]3CCCN(S(=O)(=O)c4ccc(F)cc4)C3)n2)cc1. The Balaban J connectivity index is 1.40. The van der Waals surface area contributed by atoms with E-state index in [0.717, 1.165) is 17.7 Å². The van der Waals surface area contributed by atoms with E-state index in [1.165, 1.54) is 21.3 Å². The van der Waals surface area contributed by atoms with Gasteiger partial charge in [0.1, 0.15) is 11.6 Å². The second-order valence-electron chi connectivity index (χ2n) is 8.09. The molecule has 0 N–H and O–H groups in total. The first-order valence-corrected chi connectivity index (χ1v) is 12.2. The predicted octanol–water partition coefficient (Wildman–Crippen LogP) is 2.94. The van der Waals surface area contributed by atoms with Crippen molar-refractivity contribution in [3.05, 3.63) is 60.2 Å². The van der Waals surface area contributed by atoms with Crippen LogP contribution in [0.5, 0.6) is 5.75 Å². The van der Waals surface area contributed by atoms with Gasteiger partial charge < -0.3 is 14.2 Å². The highest BCUT2D eigenvalue weighted by molar-refractivity contribution is 7.89. The van der Waals surface area contributed by atoms with Crippen molar-refractivity contribution in [3.63, 3.8) is 0 Å². The summed E-state index contributed by atoms with van der Waals surface area (Å²) in [7, 11) is -0.617. The largest absolute Gasteiger partial charge is 0.497 e. The molecule has 11 heteroatoms. The van der Waals surface area contributed by atoms with Crippen molar-refractivity contribution >= 4 is 15.9 Å². The van der Waals surface area contributed by atoms with Crippen LogP contribution in [0.3, 0.4) is 0 Å². The third-order valence-corrected chi connectivity index (χ3v) is 7.63. The summed E-state index contributed by atoms with van der Waals surface area (Å²) >= 11 is 0. The molecule has 1 saturated heterocycles. The van der Waals surface area contributed by atoms with Crippen molar-refractivity contribution in [1.82, 2.24) is 19.3 Å². The minimum absolute atomic E-state index is 0.00674. The first-order chi connectivity index (χ1) is 16.3. The monoisotopic (exact) mass is 488 g/mol. The molecule has 2 aromatic carbocycles. The van der Waals surface area contributed by atoms with Crippen molar-refractivity contribution in [2.45, 2.75) is 24.3 Å². The zero-order chi connectivity index (χ0) is 24.3. The maximum Gasteiger partial charge on any atom is 0.246 e. The lowest BCUT2D eigenvalue weighted by molar-refractivity contribution is -0.136. The van der Waals surface area contributed by atoms with E-state index in [4.69, 9.17) is 9.26 Å². The summed E-state index contributed by atoms with van der Waals surface area (Å²) < 4.78 is 50.8. The number of piperidine rings is 1. The van der Waals surface area contributed by atoms with E-state index in [-0.39, 0.29) is 29.8 Å². The van der Waals surface area contributed by atoms with Crippen LogP contribution in [-0.2, 0) is 21.4 Å². The van der Waals surface area contributed by atoms with Crippen molar-refractivity contribution in [3.8, 4) is 17.1 Å².